The number of nitrogen functional groups attached to an aromatic ring is 1. The first-order chi connectivity index (χ1) is 15.3. The second-order valence-electron chi connectivity index (χ2n) is 7.03. The van der Waals surface area contributed by atoms with Crippen LogP contribution in [0.1, 0.15) is 11.1 Å². The van der Waals surface area contributed by atoms with Crippen LogP contribution in [-0.4, -0.2) is 67.4 Å². The molecule has 2 aromatic carbocycles. The minimum absolute atomic E-state index is 0.153. The van der Waals surface area contributed by atoms with Crippen molar-refractivity contribution in [2.45, 2.75) is 0 Å². The summed E-state index contributed by atoms with van der Waals surface area (Å²) in [6.07, 6.45) is 0. The third-order valence-electron chi connectivity index (χ3n) is 4.99. The number of carbonyl (C=O) groups excluding carboxylic acids is 1. The summed E-state index contributed by atoms with van der Waals surface area (Å²) in [5, 5.41) is 0. The summed E-state index contributed by atoms with van der Waals surface area (Å²) in [5.41, 5.74) is 7.86. The molecule has 0 spiro atoms. The fraction of sp³-hybridized carbons (Fsp3) is 0.250. The number of amides is 2. The Labute approximate surface area is 183 Å². The number of nitrogens with zero attached hydrogens (tertiary/aromatic N) is 4. The lowest BCUT2D eigenvalue weighted by molar-refractivity contribution is 0.0545. The van der Waals surface area contributed by atoms with E-state index < -0.39 is 22.1 Å². The molecule has 2 heterocycles. The third kappa shape index (κ3) is 4.14. The van der Waals surface area contributed by atoms with E-state index in [1.165, 1.54) is 23.1 Å². The first-order valence-electron chi connectivity index (χ1n) is 9.71. The van der Waals surface area contributed by atoms with Crippen LogP contribution in [0.2, 0.25) is 0 Å². The molecule has 0 bridgehead atoms. The second-order valence-corrected chi connectivity index (χ2v) is 8.55. The Morgan fingerprint density at radius 2 is 1.91 bits per heavy atom. The van der Waals surface area contributed by atoms with Gasteiger partial charge in [-0.2, -0.15) is 12.4 Å². The van der Waals surface area contributed by atoms with Gasteiger partial charge in [0.25, 0.3) is 0 Å². The number of aliphatic imine (C=N–C) groups is 1. The SMILES string of the molecule is CN=C(c1cccc(F)c1)c1ccc2nc(N)n(S(=O)(=O)NC(=O)N3CCOCC3)c2c1. The predicted molar refractivity (Wildman–Crippen MR) is 117 cm³/mol. The summed E-state index contributed by atoms with van der Waals surface area (Å²) in [6, 6.07) is 9.93. The largest absolute Gasteiger partial charge is 0.378 e. The lowest BCUT2D eigenvalue weighted by Gasteiger charge is -2.26. The maximum absolute atomic E-state index is 13.7. The fourth-order valence-electron chi connectivity index (χ4n) is 3.52. The van der Waals surface area contributed by atoms with Crippen molar-refractivity contribution in [3.63, 3.8) is 0 Å². The molecule has 1 fully saturated rings. The van der Waals surface area contributed by atoms with Gasteiger partial charge in [0, 0.05) is 31.3 Å². The van der Waals surface area contributed by atoms with Crippen molar-refractivity contribution >= 4 is 38.9 Å². The maximum atomic E-state index is 13.7. The highest BCUT2D eigenvalue weighted by Gasteiger charge is 2.27. The number of ether oxygens (including phenoxy) is 1. The van der Waals surface area contributed by atoms with Crippen molar-refractivity contribution < 1.29 is 22.3 Å². The van der Waals surface area contributed by atoms with E-state index in [1.54, 1.807) is 31.3 Å². The van der Waals surface area contributed by atoms with Gasteiger partial charge in [-0.05, 0) is 24.3 Å². The molecule has 3 aromatic rings. The van der Waals surface area contributed by atoms with Crippen molar-refractivity contribution in [3.8, 4) is 0 Å². The summed E-state index contributed by atoms with van der Waals surface area (Å²) in [5.74, 6) is -0.729. The normalized spacial score (nSPS) is 15.2. The van der Waals surface area contributed by atoms with Crippen LogP contribution in [0.5, 0.6) is 0 Å². The summed E-state index contributed by atoms with van der Waals surface area (Å²) in [7, 11) is -2.85. The van der Waals surface area contributed by atoms with E-state index in [-0.39, 0.29) is 24.6 Å². The molecular weight excluding hydrogens is 439 g/mol. The maximum Gasteiger partial charge on any atom is 0.334 e. The average molecular weight is 460 g/mol. The summed E-state index contributed by atoms with van der Waals surface area (Å²) in [4.78, 5) is 22.1. The molecule has 12 heteroatoms. The Bertz CT molecular complexity index is 1310. The molecular formula is C20H21FN6O4S. The van der Waals surface area contributed by atoms with Gasteiger partial charge in [0.2, 0.25) is 5.95 Å². The van der Waals surface area contributed by atoms with Crippen LogP contribution >= 0.6 is 0 Å². The molecule has 0 unspecified atom stereocenters. The van der Waals surface area contributed by atoms with Gasteiger partial charge in [0.15, 0.2) is 0 Å². The van der Waals surface area contributed by atoms with Crippen LogP contribution in [0.15, 0.2) is 47.5 Å². The number of hydrogen-bond acceptors (Lipinski definition) is 7. The zero-order valence-electron chi connectivity index (χ0n) is 17.2. The Kier molecular flexibility index (Phi) is 5.80. The standard InChI is InChI=1S/C20H21FN6O4S/c1-23-18(13-3-2-4-15(21)11-13)14-5-6-16-17(12-14)27(19(22)24-16)32(29,30)25-20(28)26-7-9-31-10-8-26/h2-6,11-12H,7-10H2,1H3,(H2,22,24)(H,25,28). The van der Waals surface area contributed by atoms with Gasteiger partial charge in [-0.1, -0.05) is 18.2 Å². The smallest absolute Gasteiger partial charge is 0.334 e. The number of fused-ring (bicyclic) bond motifs is 1. The number of halogens is 1. The molecule has 3 N–H and O–H groups in total. The molecule has 32 heavy (non-hydrogen) atoms. The number of benzene rings is 2. The topological polar surface area (TPSA) is 132 Å². The Morgan fingerprint density at radius 1 is 1.19 bits per heavy atom. The number of carbonyl (C=O) groups is 1. The molecule has 0 aliphatic carbocycles. The lowest BCUT2D eigenvalue weighted by Crippen LogP contribution is -2.49. The number of morpholine rings is 1. The van der Waals surface area contributed by atoms with E-state index in [1.807, 2.05) is 4.72 Å². The van der Waals surface area contributed by atoms with Crippen LogP contribution < -0.4 is 10.5 Å². The van der Waals surface area contributed by atoms with Crippen molar-refractivity contribution in [2.24, 2.45) is 4.99 Å². The lowest BCUT2D eigenvalue weighted by atomic mass is 10.0. The molecule has 4 rings (SSSR count). The molecule has 2 amide bonds. The van der Waals surface area contributed by atoms with Gasteiger partial charge in [0.05, 0.1) is 30.0 Å². The number of nitrogens with two attached hydrogens (primary N) is 1. The third-order valence-corrected chi connectivity index (χ3v) is 6.28. The molecule has 1 aliphatic rings. The molecule has 0 saturated carbocycles. The van der Waals surface area contributed by atoms with Gasteiger partial charge < -0.3 is 15.4 Å². The van der Waals surface area contributed by atoms with E-state index in [0.29, 0.717) is 35.6 Å². The fourth-order valence-corrected chi connectivity index (χ4v) is 4.65. The van der Waals surface area contributed by atoms with Gasteiger partial charge >= 0.3 is 16.2 Å². The van der Waals surface area contributed by atoms with Crippen LogP contribution in [0.25, 0.3) is 11.0 Å². The molecule has 168 valence electrons. The van der Waals surface area contributed by atoms with Gasteiger partial charge in [-0.3, -0.25) is 4.99 Å². The van der Waals surface area contributed by atoms with Crippen molar-refractivity contribution in [1.82, 2.24) is 18.6 Å². The van der Waals surface area contributed by atoms with E-state index in [2.05, 4.69) is 9.98 Å². The predicted octanol–water partition coefficient (Wildman–Crippen LogP) is 1.36. The number of aromatic nitrogens is 2. The van der Waals surface area contributed by atoms with E-state index in [4.69, 9.17) is 10.5 Å². The Morgan fingerprint density at radius 3 is 2.59 bits per heavy atom. The molecule has 1 aliphatic heterocycles. The first-order valence-corrected chi connectivity index (χ1v) is 11.1. The minimum atomic E-state index is -4.40. The average Bonchev–Trinajstić information content (AvgIpc) is 3.10. The molecule has 10 nitrogen and oxygen atoms in total. The quantitative estimate of drug-likeness (QED) is 0.565. The number of rotatable bonds is 4. The van der Waals surface area contributed by atoms with Crippen LogP contribution in [-0.2, 0) is 14.9 Å². The molecule has 1 saturated heterocycles. The monoisotopic (exact) mass is 460 g/mol. The van der Waals surface area contributed by atoms with E-state index >= 15 is 0 Å². The number of imidazole rings is 1. The highest BCUT2D eigenvalue weighted by molar-refractivity contribution is 7.88. The van der Waals surface area contributed by atoms with Crippen molar-refractivity contribution in [1.29, 1.82) is 0 Å². The van der Waals surface area contributed by atoms with Crippen LogP contribution in [0, 0.1) is 5.82 Å². The van der Waals surface area contributed by atoms with Crippen LogP contribution in [0.4, 0.5) is 15.1 Å². The van der Waals surface area contributed by atoms with E-state index in [9.17, 15) is 17.6 Å². The second kappa shape index (κ2) is 8.55. The van der Waals surface area contributed by atoms with Crippen LogP contribution in [0.3, 0.4) is 0 Å². The summed E-state index contributed by atoms with van der Waals surface area (Å²) >= 11 is 0. The zero-order chi connectivity index (χ0) is 22.9. The van der Waals surface area contributed by atoms with Gasteiger partial charge in [-0.25, -0.2) is 18.9 Å². The Balaban J connectivity index is 1.74. The molecule has 0 atom stereocenters. The summed E-state index contributed by atoms with van der Waals surface area (Å²) in [6.45, 7) is 1.20. The molecule has 1 aromatic heterocycles. The van der Waals surface area contributed by atoms with Gasteiger partial charge in [0.1, 0.15) is 5.82 Å². The molecule has 0 radical (unpaired) electrons. The van der Waals surface area contributed by atoms with E-state index in [0.717, 1.165) is 3.97 Å². The zero-order valence-corrected chi connectivity index (χ0v) is 18.0. The highest BCUT2D eigenvalue weighted by atomic mass is 32.2. The minimum Gasteiger partial charge on any atom is -0.378 e. The summed E-state index contributed by atoms with van der Waals surface area (Å²) < 4.78 is 47.7. The first kappa shape index (κ1) is 21.7. The highest BCUT2D eigenvalue weighted by Crippen LogP contribution is 2.23. The number of hydrogen-bond donors (Lipinski definition) is 2. The number of urea groups is 1. The van der Waals surface area contributed by atoms with Crippen molar-refractivity contribution in [3.05, 3.63) is 59.4 Å². The van der Waals surface area contributed by atoms with Crippen molar-refractivity contribution in [2.75, 3.05) is 39.1 Å². The van der Waals surface area contributed by atoms with Gasteiger partial charge in [-0.15, -0.1) is 0 Å². The number of nitrogens with one attached hydrogen (secondary N) is 1. The Hall–Kier alpha value is -3.51. The number of anilines is 1.